The number of aliphatic carboxylic acids is 1. The zero-order valence-corrected chi connectivity index (χ0v) is 10.6. The molecule has 0 aliphatic rings. The third kappa shape index (κ3) is 3.81. The van der Waals surface area contributed by atoms with Gasteiger partial charge in [-0.3, -0.25) is 9.78 Å². The molecule has 1 aromatic carbocycles. The number of ether oxygens (including phenoxy) is 1. The Morgan fingerprint density at radius 1 is 1.21 bits per heavy atom. The van der Waals surface area contributed by atoms with E-state index in [0.717, 1.165) is 16.9 Å². The Morgan fingerprint density at radius 2 is 1.84 bits per heavy atom. The van der Waals surface area contributed by atoms with Gasteiger partial charge in [0.15, 0.2) is 0 Å². The van der Waals surface area contributed by atoms with Crippen molar-refractivity contribution >= 4 is 5.97 Å². The highest BCUT2D eigenvalue weighted by molar-refractivity contribution is 5.70. The van der Waals surface area contributed by atoms with Gasteiger partial charge in [0.05, 0.1) is 6.42 Å². The molecule has 0 aliphatic heterocycles. The lowest BCUT2D eigenvalue weighted by atomic mass is 10.1. The molecule has 0 fully saturated rings. The molecule has 0 radical (unpaired) electrons. The average molecular weight is 257 g/mol. The first-order valence-corrected chi connectivity index (χ1v) is 6.02. The van der Waals surface area contributed by atoms with Crippen LogP contribution in [0.3, 0.4) is 0 Å². The fourth-order valence-electron chi connectivity index (χ4n) is 1.77. The Bertz CT molecular complexity index is 537. The van der Waals surface area contributed by atoms with Crippen LogP contribution in [0.1, 0.15) is 24.2 Å². The summed E-state index contributed by atoms with van der Waals surface area (Å²) in [7, 11) is 0. The SMILES string of the molecule is CC(Oc1ccc(CC(=O)O)cc1)c1ccncc1. The molecule has 2 aromatic rings. The summed E-state index contributed by atoms with van der Waals surface area (Å²) in [6.45, 7) is 1.96. The number of nitrogens with zero attached hydrogens (tertiary/aromatic N) is 1. The highest BCUT2D eigenvalue weighted by atomic mass is 16.5. The van der Waals surface area contributed by atoms with E-state index in [1.165, 1.54) is 0 Å². The van der Waals surface area contributed by atoms with Crippen LogP contribution in [0, 0.1) is 0 Å². The quantitative estimate of drug-likeness (QED) is 0.894. The minimum absolute atomic E-state index is 0.0280. The first-order chi connectivity index (χ1) is 9.15. The Labute approximate surface area is 111 Å². The topological polar surface area (TPSA) is 59.4 Å². The predicted molar refractivity (Wildman–Crippen MR) is 71.1 cm³/mol. The minimum atomic E-state index is -0.834. The van der Waals surface area contributed by atoms with Crippen LogP contribution in [-0.2, 0) is 11.2 Å². The van der Waals surface area contributed by atoms with Gasteiger partial charge in [0.2, 0.25) is 0 Å². The molecule has 0 spiro atoms. The zero-order chi connectivity index (χ0) is 13.7. The molecule has 1 unspecified atom stereocenters. The van der Waals surface area contributed by atoms with Crippen molar-refractivity contribution in [1.29, 1.82) is 0 Å². The number of rotatable bonds is 5. The Balaban J connectivity index is 2.01. The average Bonchev–Trinajstić information content (AvgIpc) is 2.41. The second-order valence-corrected chi connectivity index (χ2v) is 4.26. The molecule has 0 bridgehead atoms. The van der Waals surface area contributed by atoms with E-state index in [4.69, 9.17) is 9.84 Å². The highest BCUT2D eigenvalue weighted by Gasteiger charge is 2.07. The van der Waals surface area contributed by atoms with E-state index in [2.05, 4.69) is 4.98 Å². The molecule has 0 saturated heterocycles. The number of hydrogen-bond acceptors (Lipinski definition) is 3. The molecule has 1 aromatic heterocycles. The summed E-state index contributed by atoms with van der Waals surface area (Å²) in [5, 5.41) is 8.69. The largest absolute Gasteiger partial charge is 0.486 e. The van der Waals surface area contributed by atoms with Gasteiger partial charge >= 0.3 is 5.97 Å². The maximum absolute atomic E-state index is 10.6. The van der Waals surface area contributed by atoms with Gasteiger partial charge in [0, 0.05) is 12.4 Å². The number of aromatic nitrogens is 1. The maximum atomic E-state index is 10.6. The number of carbonyl (C=O) groups is 1. The molecular formula is C15H15NO3. The summed E-state index contributed by atoms with van der Waals surface area (Å²) in [5.74, 6) is -0.114. The normalized spacial score (nSPS) is 11.8. The first-order valence-electron chi connectivity index (χ1n) is 6.02. The maximum Gasteiger partial charge on any atom is 0.307 e. The Kier molecular flexibility index (Phi) is 4.13. The molecule has 98 valence electrons. The zero-order valence-electron chi connectivity index (χ0n) is 10.6. The molecule has 1 atom stereocenters. The highest BCUT2D eigenvalue weighted by Crippen LogP contribution is 2.21. The summed E-state index contributed by atoms with van der Waals surface area (Å²) >= 11 is 0. The number of carboxylic acids is 1. The molecule has 2 rings (SSSR count). The molecule has 0 amide bonds. The van der Waals surface area contributed by atoms with E-state index in [9.17, 15) is 4.79 Å². The molecule has 4 heteroatoms. The van der Waals surface area contributed by atoms with Crippen LogP contribution in [0.15, 0.2) is 48.8 Å². The first kappa shape index (κ1) is 13.1. The summed E-state index contributed by atoms with van der Waals surface area (Å²) in [5.41, 5.74) is 1.81. The van der Waals surface area contributed by atoms with Crippen molar-refractivity contribution < 1.29 is 14.6 Å². The van der Waals surface area contributed by atoms with Crippen LogP contribution in [0.2, 0.25) is 0 Å². The lowest BCUT2D eigenvalue weighted by Gasteiger charge is -2.15. The van der Waals surface area contributed by atoms with E-state index in [-0.39, 0.29) is 12.5 Å². The smallest absolute Gasteiger partial charge is 0.307 e. The summed E-state index contributed by atoms with van der Waals surface area (Å²) < 4.78 is 5.79. The number of pyridine rings is 1. The number of carboxylic acid groups (broad SMARTS) is 1. The van der Waals surface area contributed by atoms with Crippen LogP contribution in [-0.4, -0.2) is 16.1 Å². The lowest BCUT2D eigenvalue weighted by molar-refractivity contribution is -0.136. The minimum Gasteiger partial charge on any atom is -0.486 e. The van der Waals surface area contributed by atoms with E-state index in [0.29, 0.717) is 0 Å². The van der Waals surface area contributed by atoms with Crippen molar-refractivity contribution in [3.05, 3.63) is 59.9 Å². The van der Waals surface area contributed by atoms with Crippen molar-refractivity contribution in [3.8, 4) is 5.75 Å². The van der Waals surface area contributed by atoms with Crippen LogP contribution < -0.4 is 4.74 Å². The Morgan fingerprint density at radius 3 is 2.42 bits per heavy atom. The van der Waals surface area contributed by atoms with Gasteiger partial charge in [0.25, 0.3) is 0 Å². The third-order valence-electron chi connectivity index (χ3n) is 2.77. The van der Waals surface area contributed by atoms with Gasteiger partial charge in [-0.15, -0.1) is 0 Å². The molecule has 1 heterocycles. The molecule has 4 nitrogen and oxygen atoms in total. The molecule has 0 aliphatic carbocycles. The van der Waals surface area contributed by atoms with Crippen LogP contribution in [0.4, 0.5) is 0 Å². The number of hydrogen-bond donors (Lipinski definition) is 1. The fraction of sp³-hybridized carbons (Fsp3) is 0.200. The third-order valence-corrected chi connectivity index (χ3v) is 2.77. The van der Waals surface area contributed by atoms with Crippen LogP contribution >= 0.6 is 0 Å². The van der Waals surface area contributed by atoms with Crippen molar-refractivity contribution in [2.75, 3.05) is 0 Å². The lowest BCUT2D eigenvalue weighted by Crippen LogP contribution is -2.03. The van der Waals surface area contributed by atoms with Gasteiger partial charge in [0.1, 0.15) is 11.9 Å². The second-order valence-electron chi connectivity index (χ2n) is 4.26. The van der Waals surface area contributed by atoms with Crippen LogP contribution in [0.5, 0.6) is 5.75 Å². The molecule has 1 N–H and O–H groups in total. The summed E-state index contributed by atoms with van der Waals surface area (Å²) in [6, 6.07) is 10.9. The Hall–Kier alpha value is -2.36. The molecule has 0 saturated carbocycles. The van der Waals surface area contributed by atoms with Gasteiger partial charge in [-0.2, -0.15) is 0 Å². The van der Waals surface area contributed by atoms with Crippen molar-refractivity contribution in [1.82, 2.24) is 4.98 Å². The molecule has 19 heavy (non-hydrogen) atoms. The monoisotopic (exact) mass is 257 g/mol. The van der Waals surface area contributed by atoms with Crippen molar-refractivity contribution in [2.24, 2.45) is 0 Å². The van der Waals surface area contributed by atoms with Crippen molar-refractivity contribution in [3.63, 3.8) is 0 Å². The number of benzene rings is 1. The summed E-state index contributed by atoms with van der Waals surface area (Å²) in [4.78, 5) is 14.5. The van der Waals surface area contributed by atoms with E-state index in [1.54, 1.807) is 36.7 Å². The van der Waals surface area contributed by atoms with E-state index < -0.39 is 5.97 Å². The van der Waals surface area contributed by atoms with Gasteiger partial charge < -0.3 is 9.84 Å². The van der Waals surface area contributed by atoms with Gasteiger partial charge in [-0.05, 0) is 42.3 Å². The van der Waals surface area contributed by atoms with E-state index >= 15 is 0 Å². The predicted octanol–water partition coefficient (Wildman–Crippen LogP) is 2.85. The van der Waals surface area contributed by atoms with Crippen molar-refractivity contribution in [2.45, 2.75) is 19.4 Å². The second kappa shape index (κ2) is 6.00. The van der Waals surface area contributed by atoms with Crippen LogP contribution in [0.25, 0.3) is 0 Å². The fourth-order valence-corrected chi connectivity index (χ4v) is 1.77. The molecular weight excluding hydrogens is 242 g/mol. The van der Waals surface area contributed by atoms with E-state index in [1.807, 2.05) is 19.1 Å². The summed E-state index contributed by atoms with van der Waals surface area (Å²) in [6.07, 6.45) is 3.41. The standard InChI is InChI=1S/C15H15NO3/c1-11(13-6-8-16-9-7-13)19-14-4-2-12(3-5-14)10-15(17)18/h2-9,11H,10H2,1H3,(H,17,18). The van der Waals surface area contributed by atoms with Gasteiger partial charge in [-0.25, -0.2) is 0 Å². The van der Waals surface area contributed by atoms with Gasteiger partial charge in [-0.1, -0.05) is 12.1 Å².